The number of imide groups is 1. The van der Waals surface area contributed by atoms with E-state index in [1.807, 2.05) is 6.92 Å². The molecular weight excluding hydrogens is 406 g/mol. The number of amides is 3. The number of piperidine rings is 1. The summed E-state index contributed by atoms with van der Waals surface area (Å²) in [5.74, 6) is -0.383. The van der Waals surface area contributed by atoms with Crippen LogP contribution in [0.5, 0.6) is 5.75 Å². The molecule has 2 aliphatic rings. The van der Waals surface area contributed by atoms with Gasteiger partial charge in [-0.3, -0.25) is 14.4 Å². The summed E-state index contributed by atoms with van der Waals surface area (Å²) in [6, 6.07) is 11.5. The fourth-order valence-corrected chi connectivity index (χ4v) is 3.72. The molecule has 1 saturated heterocycles. The van der Waals surface area contributed by atoms with Crippen LogP contribution >= 0.6 is 12.4 Å². The molecule has 3 amide bonds. The molecule has 7 nitrogen and oxygen atoms in total. The lowest BCUT2D eigenvalue weighted by atomic mass is 10.0. The van der Waals surface area contributed by atoms with Gasteiger partial charge in [-0.2, -0.15) is 0 Å². The summed E-state index contributed by atoms with van der Waals surface area (Å²) < 4.78 is 5.41. The fraction of sp³-hybridized carbons (Fsp3) is 0.318. The van der Waals surface area contributed by atoms with Crippen molar-refractivity contribution in [2.24, 2.45) is 0 Å². The monoisotopic (exact) mass is 429 g/mol. The van der Waals surface area contributed by atoms with Gasteiger partial charge in [-0.25, -0.2) is 4.90 Å². The molecule has 158 valence electrons. The van der Waals surface area contributed by atoms with Crippen molar-refractivity contribution in [3.05, 3.63) is 59.2 Å². The van der Waals surface area contributed by atoms with Crippen LogP contribution in [-0.2, 0) is 0 Å². The summed E-state index contributed by atoms with van der Waals surface area (Å²) in [5.41, 5.74) is 1.40. The van der Waals surface area contributed by atoms with E-state index >= 15 is 0 Å². The average molecular weight is 430 g/mol. The molecule has 0 unspecified atom stereocenters. The van der Waals surface area contributed by atoms with Crippen molar-refractivity contribution in [2.75, 3.05) is 24.6 Å². The molecule has 8 heteroatoms. The summed E-state index contributed by atoms with van der Waals surface area (Å²) in [6.45, 7) is 4.12. The van der Waals surface area contributed by atoms with Crippen LogP contribution in [0.4, 0.5) is 5.69 Å². The second kappa shape index (κ2) is 9.28. The van der Waals surface area contributed by atoms with Gasteiger partial charge in [0.25, 0.3) is 17.7 Å². The first kappa shape index (κ1) is 21.8. The molecule has 0 bridgehead atoms. The number of nitrogens with one attached hydrogen (secondary N) is 2. The van der Waals surface area contributed by atoms with Gasteiger partial charge in [0.2, 0.25) is 0 Å². The molecule has 1 atom stereocenters. The summed E-state index contributed by atoms with van der Waals surface area (Å²) in [7, 11) is 0. The van der Waals surface area contributed by atoms with E-state index in [0.29, 0.717) is 29.2 Å². The Labute approximate surface area is 181 Å². The molecule has 2 aromatic carbocycles. The summed E-state index contributed by atoms with van der Waals surface area (Å²) in [6.07, 6.45) is 1.94. The topological polar surface area (TPSA) is 87.7 Å². The van der Waals surface area contributed by atoms with Crippen molar-refractivity contribution < 1.29 is 19.1 Å². The Kier molecular flexibility index (Phi) is 6.74. The molecule has 0 radical (unpaired) electrons. The van der Waals surface area contributed by atoms with E-state index in [-0.39, 0.29) is 29.9 Å². The lowest BCUT2D eigenvalue weighted by Gasteiger charge is -2.23. The highest BCUT2D eigenvalue weighted by molar-refractivity contribution is 6.34. The number of nitrogens with zero attached hydrogens (tertiary/aromatic N) is 1. The van der Waals surface area contributed by atoms with Crippen LogP contribution in [0, 0.1) is 0 Å². The fourth-order valence-electron chi connectivity index (χ4n) is 3.72. The smallest absolute Gasteiger partial charge is 0.266 e. The van der Waals surface area contributed by atoms with E-state index in [9.17, 15) is 14.4 Å². The molecule has 1 fully saturated rings. The third-order valence-corrected chi connectivity index (χ3v) is 5.19. The number of carbonyl (C=O) groups is 3. The summed E-state index contributed by atoms with van der Waals surface area (Å²) >= 11 is 0. The van der Waals surface area contributed by atoms with Gasteiger partial charge in [0.1, 0.15) is 5.75 Å². The van der Waals surface area contributed by atoms with E-state index in [1.165, 1.54) is 6.07 Å². The molecule has 0 saturated carbocycles. The molecule has 2 heterocycles. The van der Waals surface area contributed by atoms with Gasteiger partial charge in [0.15, 0.2) is 0 Å². The van der Waals surface area contributed by atoms with Gasteiger partial charge >= 0.3 is 0 Å². The Morgan fingerprint density at radius 3 is 2.53 bits per heavy atom. The zero-order valence-corrected chi connectivity index (χ0v) is 17.5. The van der Waals surface area contributed by atoms with Crippen LogP contribution in [0.25, 0.3) is 0 Å². The highest BCUT2D eigenvalue weighted by Gasteiger charge is 2.37. The maximum Gasteiger partial charge on any atom is 0.266 e. The maximum absolute atomic E-state index is 12.9. The Morgan fingerprint density at radius 2 is 1.87 bits per heavy atom. The van der Waals surface area contributed by atoms with Crippen LogP contribution in [0.3, 0.4) is 0 Å². The molecule has 0 aliphatic carbocycles. The molecule has 2 aliphatic heterocycles. The van der Waals surface area contributed by atoms with Gasteiger partial charge in [0.05, 0.1) is 23.4 Å². The third kappa shape index (κ3) is 4.17. The van der Waals surface area contributed by atoms with Crippen molar-refractivity contribution >= 4 is 35.8 Å². The molecule has 2 N–H and O–H groups in total. The third-order valence-electron chi connectivity index (χ3n) is 5.19. The second-order valence-corrected chi connectivity index (χ2v) is 7.15. The lowest BCUT2D eigenvalue weighted by molar-refractivity contribution is 0.0919. The van der Waals surface area contributed by atoms with Crippen molar-refractivity contribution in [3.63, 3.8) is 0 Å². The predicted molar refractivity (Wildman–Crippen MR) is 116 cm³/mol. The highest BCUT2D eigenvalue weighted by atomic mass is 35.5. The summed E-state index contributed by atoms with van der Waals surface area (Å²) in [4.78, 5) is 39.4. The molecule has 2 aromatic rings. The first-order valence-corrected chi connectivity index (χ1v) is 9.85. The van der Waals surface area contributed by atoms with Crippen LogP contribution < -0.4 is 20.3 Å². The number of carbonyl (C=O) groups excluding carboxylic acids is 3. The van der Waals surface area contributed by atoms with Crippen molar-refractivity contribution in [1.29, 1.82) is 0 Å². The average Bonchev–Trinajstić information content (AvgIpc) is 2.99. The lowest BCUT2D eigenvalue weighted by Crippen LogP contribution is -2.45. The Morgan fingerprint density at radius 1 is 1.13 bits per heavy atom. The van der Waals surface area contributed by atoms with E-state index in [2.05, 4.69) is 10.6 Å². The SMILES string of the molecule is CCOc1ccc(N2C(=O)c3ccc(C(=O)N[C@H]4CCCNC4)cc3C2=O)cc1.Cl. The number of ether oxygens (including phenoxy) is 1. The number of halogens is 1. The van der Waals surface area contributed by atoms with Crippen LogP contribution in [0.15, 0.2) is 42.5 Å². The molecule has 4 rings (SSSR count). The van der Waals surface area contributed by atoms with Crippen LogP contribution in [0.2, 0.25) is 0 Å². The number of benzene rings is 2. The van der Waals surface area contributed by atoms with E-state index in [0.717, 1.165) is 30.8 Å². The molecule has 30 heavy (non-hydrogen) atoms. The van der Waals surface area contributed by atoms with Gasteiger partial charge < -0.3 is 15.4 Å². The van der Waals surface area contributed by atoms with Gasteiger partial charge in [-0.15, -0.1) is 12.4 Å². The second-order valence-electron chi connectivity index (χ2n) is 7.15. The first-order chi connectivity index (χ1) is 14.1. The Balaban J connectivity index is 0.00000256. The van der Waals surface area contributed by atoms with Crippen molar-refractivity contribution in [2.45, 2.75) is 25.8 Å². The van der Waals surface area contributed by atoms with Gasteiger partial charge in [0, 0.05) is 18.2 Å². The maximum atomic E-state index is 12.9. The van der Waals surface area contributed by atoms with Crippen LogP contribution in [-0.4, -0.2) is 43.5 Å². The quantitative estimate of drug-likeness (QED) is 0.713. The Hall–Kier alpha value is -2.90. The normalized spacial score (nSPS) is 17.9. The van der Waals surface area contributed by atoms with E-state index in [1.54, 1.807) is 36.4 Å². The number of anilines is 1. The largest absolute Gasteiger partial charge is 0.494 e. The standard InChI is InChI=1S/C22H23N3O4.ClH/c1-2-29-17-8-6-16(7-9-17)25-21(27)18-10-5-14(12-19(18)22(25)28)20(26)24-15-4-3-11-23-13-15;/h5-10,12,15,23H,2-4,11,13H2,1H3,(H,24,26);1H/t15-;/m0./s1. The zero-order valence-electron chi connectivity index (χ0n) is 16.6. The predicted octanol–water partition coefficient (Wildman–Crippen LogP) is 2.79. The number of hydrogen-bond acceptors (Lipinski definition) is 5. The minimum atomic E-state index is -0.428. The van der Waals surface area contributed by atoms with Crippen molar-refractivity contribution in [3.8, 4) is 5.75 Å². The summed E-state index contributed by atoms with van der Waals surface area (Å²) in [5, 5.41) is 6.24. The van der Waals surface area contributed by atoms with E-state index < -0.39 is 11.8 Å². The minimum absolute atomic E-state index is 0. The molecule has 0 spiro atoms. The Bertz CT molecular complexity index is 955. The number of fused-ring (bicyclic) bond motifs is 1. The molecular formula is C22H24ClN3O4. The zero-order chi connectivity index (χ0) is 20.4. The van der Waals surface area contributed by atoms with Gasteiger partial charge in [-0.05, 0) is 68.8 Å². The first-order valence-electron chi connectivity index (χ1n) is 9.85. The van der Waals surface area contributed by atoms with Crippen LogP contribution in [0.1, 0.15) is 50.8 Å². The molecule has 0 aromatic heterocycles. The highest BCUT2D eigenvalue weighted by Crippen LogP contribution is 2.30. The van der Waals surface area contributed by atoms with Gasteiger partial charge in [-0.1, -0.05) is 0 Å². The number of hydrogen-bond donors (Lipinski definition) is 2. The number of rotatable bonds is 5. The minimum Gasteiger partial charge on any atom is -0.494 e. The van der Waals surface area contributed by atoms with E-state index in [4.69, 9.17) is 4.74 Å². The van der Waals surface area contributed by atoms with Crippen molar-refractivity contribution in [1.82, 2.24) is 10.6 Å².